The van der Waals surface area contributed by atoms with E-state index < -0.39 is 25.2 Å². The summed E-state index contributed by atoms with van der Waals surface area (Å²) < 4.78 is 27.6. The van der Waals surface area contributed by atoms with Crippen LogP contribution < -0.4 is 10.4 Å². The van der Waals surface area contributed by atoms with Gasteiger partial charge in [-0.05, 0) is 78.9 Å². The van der Waals surface area contributed by atoms with Crippen molar-refractivity contribution in [3.05, 3.63) is 115 Å². The maximum Gasteiger partial charge on any atom is 0.305 e. The van der Waals surface area contributed by atoms with Gasteiger partial charge in [0.15, 0.2) is 0 Å². The maximum atomic E-state index is 14.8. The van der Waals surface area contributed by atoms with Crippen LogP contribution in [0.4, 0.5) is 0 Å². The molecule has 51 heavy (non-hydrogen) atoms. The second kappa shape index (κ2) is 20.2. The zero-order chi connectivity index (χ0) is 36.7. The fourth-order valence-corrected chi connectivity index (χ4v) is 14.1. The van der Waals surface area contributed by atoms with Crippen LogP contribution in [0.15, 0.2) is 120 Å². The Balaban J connectivity index is 1.79. The Morgan fingerprint density at radius 2 is 1.45 bits per heavy atom. The first-order valence-corrected chi connectivity index (χ1v) is 22.2. The Hall–Kier alpha value is -3.10. The number of ether oxygens (including phenoxy) is 1. The van der Waals surface area contributed by atoms with E-state index in [1.165, 1.54) is 10.4 Å². The number of aliphatic hydroxyl groups is 1. The molecule has 0 bridgehead atoms. The van der Waals surface area contributed by atoms with Crippen LogP contribution in [0.1, 0.15) is 92.4 Å². The van der Waals surface area contributed by atoms with E-state index in [0.717, 1.165) is 37.0 Å². The number of esters is 1. The molecular formula is C44H60O5SSi. The number of unbranched alkanes of at least 4 members (excludes halogenated alkanes) is 4. The van der Waals surface area contributed by atoms with Crippen LogP contribution in [-0.2, 0) is 24.8 Å². The highest BCUT2D eigenvalue weighted by Crippen LogP contribution is 2.46. The van der Waals surface area contributed by atoms with Crippen molar-refractivity contribution in [1.29, 1.82) is 0 Å². The van der Waals surface area contributed by atoms with Crippen molar-refractivity contribution in [2.45, 2.75) is 120 Å². The van der Waals surface area contributed by atoms with Crippen molar-refractivity contribution in [3.8, 4) is 0 Å². The lowest BCUT2D eigenvalue weighted by atomic mass is 9.87. The first-order chi connectivity index (χ1) is 24.6. The first kappa shape index (κ1) is 40.7. The molecule has 1 saturated carbocycles. The summed E-state index contributed by atoms with van der Waals surface area (Å²) in [6.45, 7) is 11.3. The molecule has 3 aromatic rings. The van der Waals surface area contributed by atoms with Crippen molar-refractivity contribution in [1.82, 2.24) is 0 Å². The van der Waals surface area contributed by atoms with E-state index in [2.05, 4.69) is 113 Å². The quantitative estimate of drug-likeness (QED) is 0.0578. The monoisotopic (exact) mass is 728 g/mol. The van der Waals surface area contributed by atoms with Crippen molar-refractivity contribution in [2.75, 3.05) is 6.61 Å². The molecule has 5 nitrogen and oxygen atoms in total. The Kier molecular flexibility index (Phi) is 16.1. The normalized spacial score (nSPS) is 20.9. The summed E-state index contributed by atoms with van der Waals surface area (Å²) in [5.74, 6) is -0.528. The van der Waals surface area contributed by atoms with E-state index in [1.54, 1.807) is 0 Å². The summed E-state index contributed by atoms with van der Waals surface area (Å²) in [6, 6.07) is 31.1. The third kappa shape index (κ3) is 10.7. The standard InChI is InChI=1S/C44H60O5SSi/c1-6-8-9-10-23-32-41(50(47)35-25-16-13-17-26-35)43-38(31-22-11-12-24-33-42(46)48-7-2)39(45)34-40(43)49-51(44(3,4)5,36-27-18-14-19-28-36)37-29-20-15-21-30-37/h11,13-23,25-30,32,38-41,43,45H,6-10,12,24,31,33-34H2,1-5H3/b22-11-,32-23+/t38-,39+,40-,41+,43-,50?/m1/s1. The SMILES string of the molecule is CCCCC/C=C/[C@@H]([C@@H]1[C@H](C/C=C\CCCC(=O)OCC)[C@@H](O)C[C@H]1O[Si](c1ccccc1)(c1ccccc1)C(C)(C)C)S(=O)c1ccccc1. The zero-order valence-electron chi connectivity index (χ0n) is 31.4. The first-order valence-electron chi connectivity index (χ1n) is 19.0. The Morgan fingerprint density at radius 1 is 0.863 bits per heavy atom. The molecule has 6 atom stereocenters. The fraction of sp³-hybridized carbons (Fsp3) is 0.477. The maximum absolute atomic E-state index is 14.8. The highest BCUT2D eigenvalue weighted by atomic mass is 32.2. The molecular weight excluding hydrogens is 669 g/mol. The molecule has 0 radical (unpaired) electrons. The van der Waals surface area contributed by atoms with Crippen molar-refractivity contribution >= 4 is 35.5 Å². The minimum absolute atomic E-state index is 0.160. The van der Waals surface area contributed by atoms with Crippen LogP contribution in [0.5, 0.6) is 0 Å². The van der Waals surface area contributed by atoms with Gasteiger partial charge in [-0.15, -0.1) is 0 Å². The van der Waals surface area contributed by atoms with Crippen molar-refractivity contribution in [2.24, 2.45) is 11.8 Å². The van der Waals surface area contributed by atoms with Gasteiger partial charge >= 0.3 is 5.97 Å². The summed E-state index contributed by atoms with van der Waals surface area (Å²) in [5, 5.41) is 13.8. The molecule has 1 unspecified atom stereocenters. The minimum atomic E-state index is -2.99. The third-order valence-electron chi connectivity index (χ3n) is 10.2. The molecule has 1 N–H and O–H groups in total. The van der Waals surface area contributed by atoms with Crippen molar-refractivity contribution in [3.63, 3.8) is 0 Å². The lowest BCUT2D eigenvalue weighted by Gasteiger charge is -2.46. The number of carbonyl (C=O) groups is 1. The van der Waals surface area contributed by atoms with Gasteiger partial charge in [-0.1, -0.05) is 144 Å². The van der Waals surface area contributed by atoms with E-state index in [0.29, 0.717) is 32.3 Å². The van der Waals surface area contributed by atoms with Crippen LogP contribution in [-0.4, -0.2) is 47.7 Å². The number of hydrogen-bond acceptors (Lipinski definition) is 5. The van der Waals surface area contributed by atoms with Crippen molar-refractivity contribution < 1.29 is 23.3 Å². The second-order valence-corrected chi connectivity index (χ2v) is 20.6. The van der Waals surface area contributed by atoms with E-state index in [-0.39, 0.29) is 34.2 Å². The van der Waals surface area contributed by atoms with Crippen LogP contribution in [0.2, 0.25) is 5.04 Å². The van der Waals surface area contributed by atoms with E-state index >= 15 is 0 Å². The lowest BCUT2D eigenvalue weighted by Crippen LogP contribution is -2.68. The molecule has 0 saturated heterocycles. The van der Waals surface area contributed by atoms with Gasteiger partial charge in [0.25, 0.3) is 8.32 Å². The summed E-state index contributed by atoms with van der Waals surface area (Å²) >= 11 is 0. The molecule has 0 amide bonds. The number of carbonyl (C=O) groups excluding carboxylic acids is 1. The van der Waals surface area contributed by atoms with Gasteiger partial charge in [0.1, 0.15) is 0 Å². The van der Waals surface area contributed by atoms with Crippen LogP contribution in [0.3, 0.4) is 0 Å². The Bertz CT molecular complexity index is 1500. The Labute approximate surface area is 311 Å². The molecule has 3 aromatic carbocycles. The van der Waals surface area contributed by atoms with Gasteiger partial charge in [0, 0.05) is 17.2 Å². The third-order valence-corrected chi connectivity index (χ3v) is 16.9. The topological polar surface area (TPSA) is 72.8 Å². The number of rotatable bonds is 19. The molecule has 7 heteroatoms. The minimum Gasteiger partial charge on any atom is -0.466 e. The average Bonchev–Trinajstić information content (AvgIpc) is 3.44. The Morgan fingerprint density at radius 3 is 2.02 bits per heavy atom. The van der Waals surface area contributed by atoms with Gasteiger partial charge < -0.3 is 14.3 Å². The highest BCUT2D eigenvalue weighted by molar-refractivity contribution is 7.85. The molecule has 276 valence electrons. The largest absolute Gasteiger partial charge is 0.466 e. The van der Waals surface area contributed by atoms with E-state index in [1.807, 2.05) is 37.3 Å². The molecule has 0 aliphatic heterocycles. The number of aliphatic hydroxyl groups excluding tert-OH is 1. The zero-order valence-corrected chi connectivity index (χ0v) is 33.2. The van der Waals surface area contributed by atoms with Gasteiger partial charge in [-0.2, -0.15) is 0 Å². The lowest BCUT2D eigenvalue weighted by molar-refractivity contribution is -0.143. The second-order valence-electron chi connectivity index (χ2n) is 14.8. The van der Waals surface area contributed by atoms with Gasteiger partial charge in [-0.25, -0.2) is 0 Å². The molecule has 0 heterocycles. The smallest absolute Gasteiger partial charge is 0.305 e. The number of benzene rings is 3. The van der Waals surface area contributed by atoms with Gasteiger partial charge in [0.2, 0.25) is 0 Å². The molecule has 0 spiro atoms. The van der Waals surface area contributed by atoms with Crippen LogP contribution in [0, 0.1) is 11.8 Å². The highest BCUT2D eigenvalue weighted by Gasteiger charge is 2.56. The van der Waals surface area contributed by atoms with Gasteiger partial charge in [0.05, 0.1) is 34.9 Å². The summed E-state index contributed by atoms with van der Waals surface area (Å²) in [7, 11) is -4.36. The summed E-state index contributed by atoms with van der Waals surface area (Å²) in [6.07, 6.45) is 15.0. The predicted molar refractivity (Wildman–Crippen MR) is 214 cm³/mol. The predicted octanol–water partition coefficient (Wildman–Crippen LogP) is 8.92. The molecule has 1 aliphatic carbocycles. The van der Waals surface area contributed by atoms with E-state index in [4.69, 9.17) is 9.16 Å². The van der Waals surface area contributed by atoms with Crippen LogP contribution >= 0.6 is 0 Å². The average molecular weight is 729 g/mol. The van der Waals surface area contributed by atoms with E-state index in [9.17, 15) is 14.1 Å². The summed E-state index contributed by atoms with van der Waals surface area (Å²) in [5.41, 5.74) is 0. The fourth-order valence-electron chi connectivity index (χ4n) is 7.68. The van der Waals surface area contributed by atoms with Gasteiger partial charge in [-0.3, -0.25) is 9.00 Å². The molecule has 1 fully saturated rings. The molecule has 0 aromatic heterocycles. The number of allylic oxidation sites excluding steroid dienone is 3. The molecule has 4 rings (SSSR count). The summed E-state index contributed by atoms with van der Waals surface area (Å²) in [4.78, 5) is 12.7. The number of hydrogen-bond donors (Lipinski definition) is 1. The van der Waals surface area contributed by atoms with Crippen LogP contribution in [0.25, 0.3) is 0 Å². The molecule has 1 aliphatic rings.